The highest BCUT2D eigenvalue weighted by atomic mass is 16.5. The highest BCUT2D eigenvalue weighted by Crippen LogP contribution is 2.25. The lowest BCUT2D eigenvalue weighted by molar-refractivity contribution is 0.406. The third-order valence-electron chi connectivity index (χ3n) is 5.66. The number of nitrogens with one attached hydrogen (secondary N) is 2. The Hall–Kier alpha value is -4.67. The summed E-state index contributed by atoms with van der Waals surface area (Å²) < 4.78 is 7.34. The number of piperazine rings is 1. The molecule has 5 rings (SSSR count). The maximum absolute atomic E-state index is 13.6. The molecule has 10 heteroatoms. The molecule has 1 aliphatic rings. The summed E-state index contributed by atoms with van der Waals surface area (Å²) in [5.74, 6) is 0.844. The summed E-state index contributed by atoms with van der Waals surface area (Å²) in [5, 5.41) is 22.3. The molecule has 2 aromatic heterocycles. The van der Waals surface area contributed by atoms with E-state index in [1.54, 1.807) is 48.5 Å². The Kier molecular flexibility index (Phi) is 5.65. The third kappa shape index (κ3) is 3.94. The molecule has 3 heterocycles. The van der Waals surface area contributed by atoms with Crippen molar-refractivity contribution >= 4 is 17.1 Å². The van der Waals surface area contributed by atoms with Gasteiger partial charge in [0, 0.05) is 26.2 Å². The van der Waals surface area contributed by atoms with E-state index < -0.39 is 0 Å². The van der Waals surface area contributed by atoms with Crippen molar-refractivity contribution in [1.82, 2.24) is 24.8 Å². The maximum Gasteiger partial charge on any atom is 0.307 e. The number of para-hydroxylation sites is 1. The van der Waals surface area contributed by atoms with Gasteiger partial charge in [-0.15, -0.1) is 0 Å². The summed E-state index contributed by atoms with van der Waals surface area (Å²) in [7, 11) is 0. The molecule has 0 saturated carbocycles. The van der Waals surface area contributed by atoms with E-state index in [4.69, 9.17) is 4.74 Å². The molecule has 0 amide bonds. The SMILES string of the molecule is N#Cc1ccccc1Cn1c(Oc2ccccc2C#N)nc2nc(N3CCNCC3)[nH]c2c1=O. The van der Waals surface area contributed by atoms with Crippen molar-refractivity contribution in [2.75, 3.05) is 31.1 Å². The Morgan fingerprint density at radius 1 is 0.971 bits per heavy atom. The maximum atomic E-state index is 13.6. The van der Waals surface area contributed by atoms with Gasteiger partial charge in [-0.05, 0) is 23.8 Å². The van der Waals surface area contributed by atoms with Crippen LogP contribution >= 0.6 is 0 Å². The van der Waals surface area contributed by atoms with E-state index in [-0.39, 0.29) is 35.0 Å². The Morgan fingerprint density at radius 3 is 2.44 bits per heavy atom. The fourth-order valence-electron chi connectivity index (χ4n) is 3.88. The summed E-state index contributed by atoms with van der Waals surface area (Å²) in [5.41, 5.74) is 1.51. The lowest BCUT2D eigenvalue weighted by atomic mass is 10.1. The zero-order valence-corrected chi connectivity index (χ0v) is 18.2. The number of imidazole rings is 1. The minimum atomic E-state index is -0.379. The predicted octanol–water partition coefficient (Wildman–Crippen LogP) is 2.11. The molecule has 168 valence electrons. The molecule has 0 unspecified atom stereocenters. The van der Waals surface area contributed by atoms with E-state index in [0.29, 0.717) is 22.6 Å². The Balaban J connectivity index is 1.65. The van der Waals surface area contributed by atoms with Crippen LogP contribution in [-0.4, -0.2) is 45.7 Å². The molecule has 0 radical (unpaired) electrons. The standard InChI is InChI=1S/C24H20N8O2/c25-13-16-5-1-2-7-18(16)15-32-22(33)20-21(29-23(28-20)31-11-9-27-10-12-31)30-24(32)34-19-8-4-3-6-17(19)14-26/h1-8,27H,9-12,15H2,(H,28,29). The minimum absolute atomic E-state index is 0.00805. The van der Waals surface area contributed by atoms with E-state index in [0.717, 1.165) is 26.2 Å². The van der Waals surface area contributed by atoms with Crippen LogP contribution in [0.25, 0.3) is 11.2 Å². The van der Waals surface area contributed by atoms with E-state index >= 15 is 0 Å². The first-order chi connectivity index (χ1) is 16.7. The zero-order valence-electron chi connectivity index (χ0n) is 18.2. The Bertz CT molecular complexity index is 1500. The van der Waals surface area contributed by atoms with Crippen LogP contribution in [0.3, 0.4) is 0 Å². The molecule has 1 aliphatic heterocycles. The van der Waals surface area contributed by atoms with Crippen LogP contribution in [0.15, 0.2) is 53.3 Å². The van der Waals surface area contributed by atoms with Crippen LogP contribution in [-0.2, 0) is 6.54 Å². The van der Waals surface area contributed by atoms with Gasteiger partial charge in [0.1, 0.15) is 11.8 Å². The summed E-state index contributed by atoms with van der Waals surface area (Å²) in [4.78, 5) is 27.8. The van der Waals surface area contributed by atoms with Crippen LogP contribution in [0.5, 0.6) is 11.8 Å². The molecular weight excluding hydrogens is 432 g/mol. The highest BCUT2D eigenvalue weighted by molar-refractivity contribution is 5.73. The number of nitrogens with zero attached hydrogens (tertiary/aromatic N) is 6. The van der Waals surface area contributed by atoms with Gasteiger partial charge < -0.3 is 19.9 Å². The summed E-state index contributed by atoms with van der Waals surface area (Å²) in [6.45, 7) is 3.21. The number of fused-ring (bicyclic) bond motifs is 1. The number of rotatable bonds is 5. The molecule has 4 aromatic rings. The number of aromatic amines is 1. The lowest BCUT2D eigenvalue weighted by Crippen LogP contribution is -2.44. The van der Waals surface area contributed by atoms with Crippen molar-refractivity contribution in [2.24, 2.45) is 0 Å². The molecule has 2 aromatic carbocycles. The van der Waals surface area contributed by atoms with Gasteiger partial charge in [0.15, 0.2) is 11.2 Å². The van der Waals surface area contributed by atoms with Gasteiger partial charge in [0.05, 0.1) is 23.7 Å². The average Bonchev–Trinajstić information content (AvgIpc) is 3.32. The van der Waals surface area contributed by atoms with Gasteiger partial charge in [-0.1, -0.05) is 30.3 Å². The van der Waals surface area contributed by atoms with E-state index in [1.165, 1.54) is 4.57 Å². The molecule has 1 saturated heterocycles. The van der Waals surface area contributed by atoms with Gasteiger partial charge in [-0.3, -0.25) is 9.36 Å². The second-order valence-electron chi connectivity index (χ2n) is 7.76. The average molecular weight is 452 g/mol. The summed E-state index contributed by atoms with van der Waals surface area (Å²) in [6.07, 6.45) is 0. The van der Waals surface area contributed by atoms with Crippen molar-refractivity contribution in [3.8, 4) is 23.9 Å². The number of aromatic nitrogens is 4. The molecule has 0 bridgehead atoms. The fourth-order valence-corrected chi connectivity index (χ4v) is 3.88. The fraction of sp³-hybridized carbons (Fsp3) is 0.208. The molecular formula is C24H20N8O2. The number of hydrogen-bond donors (Lipinski definition) is 2. The number of ether oxygens (including phenoxy) is 1. The number of H-pyrrole nitrogens is 1. The predicted molar refractivity (Wildman–Crippen MR) is 125 cm³/mol. The van der Waals surface area contributed by atoms with Crippen molar-refractivity contribution < 1.29 is 4.74 Å². The normalized spacial score (nSPS) is 13.4. The first kappa shape index (κ1) is 21.2. The molecule has 2 N–H and O–H groups in total. The molecule has 0 spiro atoms. The quantitative estimate of drug-likeness (QED) is 0.470. The molecule has 1 fully saturated rings. The number of hydrogen-bond acceptors (Lipinski definition) is 8. The number of nitriles is 2. The first-order valence-electron chi connectivity index (χ1n) is 10.8. The van der Waals surface area contributed by atoms with Crippen LogP contribution in [0, 0.1) is 22.7 Å². The van der Waals surface area contributed by atoms with Crippen LogP contribution in [0.2, 0.25) is 0 Å². The van der Waals surface area contributed by atoms with Crippen molar-refractivity contribution in [2.45, 2.75) is 6.54 Å². The smallest absolute Gasteiger partial charge is 0.307 e. The second-order valence-corrected chi connectivity index (χ2v) is 7.76. The largest absolute Gasteiger partial charge is 0.424 e. The van der Waals surface area contributed by atoms with Gasteiger partial charge in [0.2, 0.25) is 5.95 Å². The number of anilines is 1. The third-order valence-corrected chi connectivity index (χ3v) is 5.66. The van der Waals surface area contributed by atoms with Gasteiger partial charge in [0.25, 0.3) is 5.56 Å². The Morgan fingerprint density at radius 2 is 1.68 bits per heavy atom. The summed E-state index contributed by atoms with van der Waals surface area (Å²) >= 11 is 0. The van der Waals surface area contributed by atoms with E-state index in [9.17, 15) is 15.3 Å². The molecule has 10 nitrogen and oxygen atoms in total. The van der Waals surface area contributed by atoms with Crippen LogP contribution in [0.1, 0.15) is 16.7 Å². The van der Waals surface area contributed by atoms with Crippen LogP contribution in [0.4, 0.5) is 5.95 Å². The van der Waals surface area contributed by atoms with Crippen LogP contribution < -0.4 is 20.5 Å². The topological polar surface area (TPSA) is 136 Å². The van der Waals surface area contributed by atoms with Gasteiger partial charge in [-0.25, -0.2) is 0 Å². The Labute approximate surface area is 194 Å². The number of benzene rings is 2. The summed E-state index contributed by atoms with van der Waals surface area (Å²) in [6, 6.07) is 18.0. The first-order valence-corrected chi connectivity index (χ1v) is 10.8. The molecule has 34 heavy (non-hydrogen) atoms. The van der Waals surface area contributed by atoms with Gasteiger partial charge in [-0.2, -0.15) is 20.5 Å². The second kappa shape index (κ2) is 9.06. The highest BCUT2D eigenvalue weighted by Gasteiger charge is 2.21. The van der Waals surface area contributed by atoms with E-state index in [2.05, 4.69) is 37.3 Å². The monoisotopic (exact) mass is 452 g/mol. The van der Waals surface area contributed by atoms with E-state index in [1.807, 2.05) is 0 Å². The molecule has 0 aliphatic carbocycles. The van der Waals surface area contributed by atoms with Crippen molar-refractivity contribution in [1.29, 1.82) is 10.5 Å². The minimum Gasteiger partial charge on any atom is -0.424 e. The lowest BCUT2D eigenvalue weighted by Gasteiger charge is -2.26. The van der Waals surface area contributed by atoms with Crippen molar-refractivity contribution in [3.05, 3.63) is 75.6 Å². The molecule has 0 atom stereocenters. The van der Waals surface area contributed by atoms with Gasteiger partial charge >= 0.3 is 6.01 Å². The van der Waals surface area contributed by atoms with Crippen molar-refractivity contribution in [3.63, 3.8) is 0 Å². The zero-order chi connectivity index (χ0) is 23.5.